The number of halogens is 2. The molecular formula is C15H13BrFNO2. The van der Waals surface area contributed by atoms with E-state index >= 15 is 0 Å². The van der Waals surface area contributed by atoms with Gasteiger partial charge in [-0.2, -0.15) is 0 Å². The molecule has 2 aromatic carbocycles. The lowest BCUT2D eigenvalue weighted by Crippen LogP contribution is -2.08. The van der Waals surface area contributed by atoms with Gasteiger partial charge in [0.2, 0.25) is 0 Å². The maximum atomic E-state index is 13.3. The Hall–Kier alpha value is -1.88. The van der Waals surface area contributed by atoms with Gasteiger partial charge in [0.1, 0.15) is 5.82 Å². The largest absolute Gasteiger partial charge is 0.478 e. The van der Waals surface area contributed by atoms with Crippen LogP contribution < -0.4 is 5.32 Å². The Morgan fingerprint density at radius 2 is 2.05 bits per heavy atom. The molecule has 0 saturated heterocycles. The molecule has 0 aliphatic carbocycles. The molecule has 0 radical (unpaired) electrons. The summed E-state index contributed by atoms with van der Waals surface area (Å²) in [5.74, 6) is -2.01. The number of nitrogens with one attached hydrogen (secondary N) is 1. The number of hydrogen-bond acceptors (Lipinski definition) is 2. The lowest BCUT2D eigenvalue weighted by Gasteiger charge is -2.16. The summed E-state index contributed by atoms with van der Waals surface area (Å²) < 4.78 is 14.3. The van der Waals surface area contributed by atoms with Crippen molar-refractivity contribution in [2.45, 2.75) is 13.0 Å². The highest BCUT2D eigenvalue weighted by Crippen LogP contribution is 2.23. The van der Waals surface area contributed by atoms with Gasteiger partial charge in [-0.25, -0.2) is 9.18 Å². The predicted octanol–water partition coefficient (Wildman–Crippen LogP) is 4.46. The second-order valence-electron chi connectivity index (χ2n) is 4.42. The van der Waals surface area contributed by atoms with Crippen LogP contribution in [0.3, 0.4) is 0 Å². The number of aromatic carboxylic acids is 1. The van der Waals surface area contributed by atoms with Crippen molar-refractivity contribution in [3.8, 4) is 0 Å². The molecule has 20 heavy (non-hydrogen) atoms. The molecule has 0 aliphatic heterocycles. The average molecular weight is 338 g/mol. The minimum absolute atomic E-state index is 0.0281. The van der Waals surface area contributed by atoms with Crippen LogP contribution in [0.2, 0.25) is 0 Å². The van der Waals surface area contributed by atoms with E-state index < -0.39 is 11.8 Å². The monoisotopic (exact) mass is 337 g/mol. The number of hydrogen-bond donors (Lipinski definition) is 2. The predicted molar refractivity (Wildman–Crippen MR) is 79.5 cm³/mol. The maximum Gasteiger partial charge on any atom is 0.338 e. The van der Waals surface area contributed by atoms with E-state index in [1.165, 1.54) is 12.1 Å². The molecule has 1 atom stereocenters. The number of carboxylic acids is 1. The van der Waals surface area contributed by atoms with Crippen molar-refractivity contribution in [3.05, 3.63) is 63.9 Å². The van der Waals surface area contributed by atoms with Crippen molar-refractivity contribution in [2.75, 3.05) is 5.32 Å². The van der Waals surface area contributed by atoms with Crippen LogP contribution in [0.4, 0.5) is 10.1 Å². The van der Waals surface area contributed by atoms with Crippen LogP contribution in [0.1, 0.15) is 28.9 Å². The first-order valence-electron chi connectivity index (χ1n) is 6.02. The van der Waals surface area contributed by atoms with Crippen molar-refractivity contribution < 1.29 is 14.3 Å². The topological polar surface area (TPSA) is 49.3 Å². The molecule has 2 N–H and O–H groups in total. The van der Waals surface area contributed by atoms with E-state index in [-0.39, 0.29) is 11.6 Å². The third-order valence-electron chi connectivity index (χ3n) is 2.93. The zero-order valence-electron chi connectivity index (χ0n) is 10.7. The second-order valence-corrected chi connectivity index (χ2v) is 5.34. The lowest BCUT2D eigenvalue weighted by atomic mass is 10.1. The van der Waals surface area contributed by atoms with Gasteiger partial charge >= 0.3 is 5.97 Å². The van der Waals surface area contributed by atoms with Gasteiger partial charge in [0, 0.05) is 16.2 Å². The first-order chi connectivity index (χ1) is 9.47. The first-order valence-corrected chi connectivity index (χ1v) is 6.81. The summed E-state index contributed by atoms with van der Waals surface area (Å²) in [6.07, 6.45) is 0. The fourth-order valence-corrected chi connectivity index (χ4v) is 2.31. The van der Waals surface area contributed by atoms with Crippen LogP contribution >= 0.6 is 15.9 Å². The van der Waals surface area contributed by atoms with Gasteiger partial charge in [0.05, 0.1) is 5.56 Å². The number of carboxylic acid groups (broad SMARTS) is 1. The number of benzene rings is 2. The third kappa shape index (κ3) is 3.36. The summed E-state index contributed by atoms with van der Waals surface area (Å²) in [6, 6.07) is 11.7. The van der Waals surface area contributed by atoms with Crippen molar-refractivity contribution in [3.63, 3.8) is 0 Å². The fourth-order valence-electron chi connectivity index (χ4n) is 1.89. The molecule has 0 aliphatic rings. The highest BCUT2D eigenvalue weighted by atomic mass is 79.9. The highest BCUT2D eigenvalue weighted by Gasteiger charge is 2.12. The molecule has 2 rings (SSSR count). The Morgan fingerprint density at radius 1 is 1.30 bits per heavy atom. The van der Waals surface area contributed by atoms with Gasteiger partial charge in [-0.05, 0) is 42.8 Å². The quantitative estimate of drug-likeness (QED) is 0.865. The van der Waals surface area contributed by atoms with Crippen LogP contribution in [0.25, 0.3) is 0 Å². The molecule has 0 bridgehead atoms. The van der Waals surface area contributed by atoms with E-state index in [4.69, 9.17) is 5.11 Å². The second kappa shape index (κ2) is 6.05. The fraction of sp³-hybridized carbons (Fsp3) is 0.133. The molecule has 104 valence electrons. The Bertz CT molecular complexity index is 646. The summed E-state index contributed by atoms with van der Waals surface area (Å²) in [7, 11) is 0. The summed E-state index contributed by atoms with van der Waals surface area (Å²) in [4.78, 5) is 10.9. The smallest absolute Gasteiger partial charge is 0.338 e. The van der Waals surface area contributed by atoms with E-state index in [0.29, 0.717) is 5.69 Å². The zero-order valence-corrected chi connectivity index (χ0v) is 12.3. The first kappa shape index (κ1) is 14.5. The molecule has 0 saturated carbocycles. The number of rotatable bonds is 4. The van der Waals surface area contributed by atoms with Crippen molar-refractivity contribution in [1.29, 1.82) is 0 Å². The lowest BCUT2D eigenvalue weighted by molar-refractivity contribution is 0.0692. The van der Waals surface area contributed by atoms with Gasteiger partial charge in [-0.3, -0.25) is 0 Å². The zero-order chi connectivity index (χ0) is 14.7. The maximum absolute atomic E-state index is 13.3. The van der Waals surface area contributed by atoms with Gasteiger partial charge < -0.3 is 10.4 Å². The number of carbonyl (C=O) groups is 1. The molecule has 5 heteroatoms. The minimum atomic E-state index is -1.28. The SMILES string of the molecule is CC(Nc1ccc(F)c(C(=O)O)c1)c1cccc(Br)c1. The van der Waals surface area contributed by atoms with Crippen molar-refractivity contribution in [2.24, 2.45) is 0 Å². The molecule has 0 amide bonds. The van der Waals surface area contributed by atoms with E-state index in [9.17, 15) is 9.18 Å². The molecule has 0 heterocycles. The van der Waals surface area contributed by atoms with Crippen LogP contribution in [-0.4, -0.2) is 11.1 Å². The Kier molecular flexibility index (Phi) is 4.39. The Labute approximate surface area is 124 Å². The van der Waals surface area contributed by atoms with Gasteiger partial charge in [0.15, 0.2) is 0 Å². The summed E-state index contributed by atoms with van der Waals surface area (Å²) in [5.41, 5.74) is 1.27. The molecule has 0 spiro atoms. The minimum Gasteiger partial charge on any atom is -0.478 e. The van der Waals surface area contributed by atoms with Crippen LogP contribution in [0, 0.1) is 5.82 Å². The summed E-state index contributed by atoms with van der Waals surface area (Å²) >= 11 is 3.40. The van der Waals surface area contributed by atoms with Crippen LogP contribution in [0.5, 0.6) is 0 Å². The molecule has 1 unspecified atom stereocenters. The van der Waals surface area contributed by atoms with Crippen LogP contribution in [0.15, 0.2) is 46.9 Å². The highest BCUT2D eigenvalue weighted by molar-refractivity contribution is 9.10. The van der Waals surface area contributed by atoms with Crippen LogP contribution in [-0.2, 0) is 0 Å². The van der Waals surface area contributed by atoms with E-state index in [1.807, 2.05) is 31.2 Å². The summed E-state index contributed by atoms with van der Waals surface area (Å²) in [6.45, 7) is 1.95. The van der Waals surface area contributed by atoms with Gasteiger partial charge in [0.25, 0.3) is 0 Å². The average Bonchev–Trinajstić information content (AvgIpc) is 2.40. The normalized spacial score (nSPS) is 11.9. The molecular weight excluding hydrogens is 325 g/mol. The van der Waals surface area contributed by atoms with E-state index in [0.717, 1.165) is 16.1 Å². The molecule has 0 fully saturated rings. The van der Waals surface area contributed by atoms with E-state index in [2.05, 4.69) is 21.2 Å². The van der Waals surface area contributed by atoms with Crippen molar-refractivity contribution in [1.82, 2.24) is 0 Å². The molecule has 2 aromatic rings. The molecule has 3 nitrogen and oxygen atoms in total. The standard InChI is InChI=1S/C15H13BrFNO2/c1-9(10-3-2-4-11(16)7-10)18-12-5-6-14(17)13(8-12)15(19)20/h2-9,18H,1H3,(H,19,20). The summed E-state index contributed by atoms with van der Waals surface area (Å²) in [5, 5.41) is 12.1. The van der Waals surface area contributed by atoms with Crippen molar-refractivity contribution >= 4 is 27.6 Å². The van der Waals surface area contributed by atoms with Gasteiger partial charge in [-0.15, -0.1) is 0 Å². The Balaban J connectivity index is 2.22. The van der Waals surface area contributed by atoms with Gasteiger partial charge in [-0.1, -0.05) is 28.1 Å². The Morgan fingerprint density at radius 3 is 2.70 bits per heavy atom. The molecule has 0 aromatic heterocycles. The van der Waals surface area contributed by atoms with E-state index in [1.54, 1.807) is 0 Å². The number of anilines is 1. The third-order valence-corrected chi connectivity index (χ3v) is 3.42.